The van der Waals surface area contributed by atoms with Gasteiger partial charge in [-0.1, -0.05) is 48.2 Å². The highest BCUT2D eigenvalue weighted by Gasteiger charge is 2.39. The van der Waals surface area contributed by atoms with Crippen LogP contribution in [0.2, 0.25) is 0 Å². The molecule has 4 heteroatoms. The summed E-state index contributed by atoms with van der Waals surface area (Å²) in [6, 6.07) is 7.96. The van der Waals surface area contributed by atoms with Crippen molar-refractivity contribution in [2.45, 2.75) is 11.2 Å². The average Bonchev–Trinajstić information content (AvgIpc) is 2.81. The number of nitrogens with one attached hydrogen (secondary N) is 1. The second-order valence-corrected chi connectivity index (χ2v) is 4.94. The maximum Gasteiger partial charge on any atom is 0.286 e. The number of benzene rings is 1. The second kappa shape index (κ2) is 3.49. The Kier molecular flexibility index (Phi) is 2.11. The van der Waals surface area contributed by atoms with E-state index < -0.39 is 0 Å². The van der Waals surface area contributed by atoms with Crippen molar-refractivity contribution in [3.8, 4) is 0 Å². The number of hydrogen-bond acceptors (Lipinski definition) is 3. The van der Waals surface area contributed by atoms with E-state index in [1.165, 1.54) is 0 Å². The van der Waals surface area contributed by atoms with Gasteiger partial charge >= 0.3 is 0 Å². The minimum Gasteiger partial charge on any atom is -0.286 e. The number of rotatable bonds is 1. The summed E-state index contributed by atoms with van der Waals surface area (Å²) in [5, 5.41) is 1.77. The summed E-state index contributed by atoms with van der Waals surface area (Å²) in [7, 11) is 0. The fourth-order valence-electron chi connectivity index (χ4n) is 2.15. The van der Waals surface area contributed by atoms with Crippen LogP contribution in [0.15, 0.2) is 30.3 Å². The van der Waals surface area contributed by atoms with Gasteiger partial charge < -0.3 is 0 Å². The Labute approximate surface area is 96.9 Å². The number of carbonyl (C=O) groups is 2. The van der Waals surface area contributed by atoms with Crippen LogP contribution in [-0.4, -0.2) is 16.4 Å². The van der Waals surface area contributed by atoms with E-state index >= 15 is 0 Å². The van der Waals surface area contributed by atoms with Gasteiger partial charge in [0.15, 0.2) is 0 Å². The van der Waals surface area contributed by atoms with Crippen LogP contribution in [-0.2, 0) is 4.79 Å². The molecule has 2 atom stereocenters. The summed E-state index contributed by atoms with van der Waals surface area (Å²) >= 11 is 1.08. The van der Waals surface area contributed by atoms with E-state index in [2.05, 4.69) is 5.32 Å². The number of carbonyl (C=O) groups excluding carboxylic acids is 2. The van der Waals surface area contributed by atoms with Gasteiger partial charge in [0.2, 0.25) is 5.91 Å². The molecule has 0 bridgehead atoms. The van der Waals surface area contributed by atoms with Crippen LogP contribution in [0.4, 0.5) is 4.79 Å². The number of allylic oxidation sites excluding steroid dienone is 1. The van der Waals surface area contributed by atoms with E-state index in [1.807, 2.05) is 36.4 Å². The van der Waals surface area contributed by atoms with Crippen LogP contribution >= 0.6 is 11.8 Å². The van der Waals surface area contributed by atoms with Gasteiger partial charge in [-0.25, -0.2) is 0 Å². The van der Waals surface area contributed by atoms with E-state index in [1.54, 1.807) is 0 Å². The van der Waals surface area contributed by atoms with E-state index in [0.717, 1.165) is 22.9 Å². The van der Waals surface area contributed by atoms with Crippen molar-refractivity contribution >= 4 is 29.0 Å². The summed E-state index contributed by atoms with van der Waals surface area (Å²) in [6.45, 7) is 0. The third-order valence-electron chi connectivity index (χ3n) is 2.88. The molecule has 1 aliphatic carbocycles. The third-order valence-corrected chi connectivity index (χ3v) is 3.96. The number of imide groups is 1. The largest absolute Gasteiger partial charge is 0.286 e. The van der Waals surface area contributed by atoms with Gasteiger partial charge in [-0.15, -0.1) is 0 Å². The first kappa shape index (κ1) is 9.66. The number of fused-ring (bicyclic) bond motifs is 1. The lowest BCUT2D eigenvalue weighted by atomic mass is 9.97. The van der Waals surface area contributed by atoms with Crippen molar-refractivity contribution in [3.63, 3.8) is 0 Å². The molecule has 1 N–H and O–H groups in total. The van der Waals surface area contributed by atoms with E-state index in [4.69, 9.17) is 0 Å². The first-order valence-electron chi connectivity index (χ1n) is 5.04. The van der Waals surface area contributed by atoms with Crippen LogP contribution in [0.5, 0.6) is 0 Å². The first-order valence-corrected chi connectivity index (χ1v) is 5.92. The van der Waals surface area contributed by atoms with Crippen molar-refractivity contribution in [1.29, 1.82) is 0 Å². The third kappa shape index (κ3) is 1.38. The molecular formula is C12H9NO2S. The summed E-state index contributed by atoms with van der Waals surface area (Å²) in [5.41, 5.74) is 2.27. The highest BCUT2D eigenvalue weighted by Crippen LogP contribution is 2.39. The van der Waals surface area contributed by atoms with E-state index in [-0.39, 0.29) is 22.3 Å². The highest BCUT2D eigenvalue weighted by atomic mass is 32.2. The van der Waals surface area contributed by atoms with Crippen LogP contribution in [0.3, 0.4) is 0 Å². The Morgan fingerprint density at radius 3 is 2.75 bits per heavy atom. The number of hydrogen-bond donors (Lipinski definition) is 1. The lowest BCUT2D eigenvalue weighted by Crippen LogP contribution is -2.27. The van der Waals surface area contributed by atoms with Gasteiger partial charge in [-0.3, -0.25) is 14.9 Å². The maximum absolute atomic E-state index is 11.6. The molecule has 1 heterocycles. The zero-order valence-corrected chi connectivity index (χ0v) is 9.16. The van der Waals surface area contributed by atoms with Crippen LogP contribution in [0.1, 0.15) is 17.0 Å². The summed E-state index contributed by atoms with van der Waals surface area (Å²) < 4.78 is 0. The Morgan fingerprint density at radius 1 is 1.19 bits per heavy atom. The van der Waals surface area contributed by atoms with Gasteiger partial charge in [-0.05, 0) is 11.1 Å². The molecule has 2 unspecified atom stereocenters. The van der Waals surface area contributed by atoms with Gasteiger partial charge in [0.05, 0.1) is 0 Å². The zero-order valence-electron chi connectivity index (χ0n) is 8.34. The Balaban J connectivity index is 1.96. The monoisotopic (exact) mass is 231 g/mol. The molecule has 0 spiro atoms. The highest BCUT2D eigenvalue weighted by molar-refractivity contribution is 8.15. The summed E-state index contributed by atoms with van der Waals surface area (Å²) in [4.78, 5) is 22.7. The fourth-order valence-corrected chi connectivity index (χ4v) is 3.09. The normalized spacial score (nSPS) is 27.0. The summed E-state index contributed by atoms with van der Waals surface area (Å²) in [6.07, 6.45) is 4.01. The Bertz CT molecular complexity index is 509. The van der Waals surface area contributed by atoms with Crippen molar-refractivity contribution < 1.29 is 9.59 Å². The fraction of sp³-hybridized carbons (Fsp3) is 0.167. The molecule has 2 amide bonds. The predicted octanol–water partition coefficient (Wildman–Crippen LogP) is 2.15. The zero-order chi connectivity index (χ0) is 11.1. The Hall–Kier alpha value is -1.55. The Morgan fingerprint density at radius 2 is 2.00 bits per heavy atom. The molecule has 1 aromatic rings. The smallest absolute Gasteiger partial charge is 0.286 e. The van der Waals surface area contributed by atoms with Gasteiger partial charge in [0, 0.05) is 5.92 Å². The molecule has 3 nitrogen and oxygen atoms in total. The summed E-state index contributed by atoms with van der Waals surface area (Å²) in [5.74, 6) is -0.158. The predicted molar refractivity (Wildman–Crippen MR) is 63.1 cm³/mol. The molecule has 16 heavy (non-hydrogen) atoms. The van der Waals surface area contributed by atoms with Crippen LogP contribution < -0.4 is 5.32 Å². The minimum atomic E-state index is -0.313. The van der Waals surface area contributed by atoms with E-state index in [9.17, 15) is 9.59 Å². The van der Waals surface area contributed by atoms with Gasteiger partial charge in [-0.2, -0.15) is 0 Å². The van der Waals surface area contributed by atoms with Gasteiger partial charge in [0.25, 0.3) is 5.24 Å². The first-order chi connectivity index (χ1) is 7.75. The van der Waals surface area contributed by atoms with Crippen LogP contribution in [0.25, 0.3) is 6.08 Å². The minimum absolute atomic E-state index is 0.0210. The topological polar surface area (TPSA) is 46.2 Å². The molecule has 0 saturated carbocycles. The molecule has 1 aromatic carbocycles. The quantitative estimate of drug-likeness (QED) is 0.805. The van der Waals surface area contributed by atoms with Gasteiger partial charge in [0.1, 0.15) is 5.25 Å². The number of thioether (sulfide) groups is 1. The molecule has 80 valence electrons. The van der Waals surface area contributed by atoms with Crippen molar-refractivity contribution in [3.05, 3.63) is 41.5 Å². The van der Waals surface area contributed by atoms with Crippen LogP contribution in [0, 0.1) is 0 Å². The molecule has 1 aliphatic heterocycles. The number of amides is 2. The molecule has 3 rings (SSSR count). The molecular weight excluding hydrogens is 222 g/mol. The molecule has 0 aromatic heterocycles. The van der Waals surface area contributed by atoms with E-state index in [0.29, 0.717) is 0 Å². The molecule has 1 fully saturated rings. The van der Waals surface area contributed by atoms with Crippen molar-refractivity contribution in [2.24, 2.45) is 0 Å². The molecule has 1 saturated heterocycles. The molecule has 2 aliphatic rings. The average molecular weight is 231 g/mol. The second-order valence-electron chi connectivity index (χ2n) is 3.83. The SMILES string of the molecule is O=C1NC(=O)C(C2C=Cc3ccccc32)S1. The lowest BCUT2D eigenvalue weighted by Gasteiger charge is -2.14. The molecule has 0 radical (unpaired) electrons. The van der Waals surface area contributed by atoms with Crippen molar-refractivity contribution in [1.82, 2.24) is 5.32 Å². The maximum atomic E-state index is 11.6. The lowest BCUT2D eigenvalue weighted by molar-refractivity contribution is -0.119. The van der Waals surface area contributed by atoms with Crippen molar-refractivity contribution in [2.75, 3.05) is 0 Å². The standard InChI is InChI=1S/C12H9NO2S/c14-11-10(16-12(15)13-11)9-6-5-7-3-1-2-4-8(7)9/h1-6,9-10H,(H,13,14,15).